The third-order valence-corrected chi connectivity index (χ3v) is 5.04. The van der Waals surface area contributed by atoms with Crippen LogP contribution in [0.3, 0.4) is 0 Å². The smallest absolute Gasteiger partial charge is 0.408 e. The summed E-state index contributed by atoms with van der Waals surface area (Å²) in [6.45, 7) is 5.55. The van der Waals surface area contributed by atoms with Gasteiger partial charge in [0, 0.05) is 6.42 Å². The first kappa shape index (κ1) is 26.5. The first-order valence-corrected chi connectivity index (χ1v) is 11.7. The van der Waals surface area contributed by atoms with Crippen molar-refractivity contribution >= 4 is 18.0 Å². The number of ether oxygens (including phenoxy) is 3. The lowest BCUT2D eigenvalue weighted by Gasteiger charge is -2.20. The highest BCUT2D eigenvalue weighted by Gasteiger charge is 2.24. The van der Waals surface area contributed by atoms with Gasteiger partial charge in [0.15, 0.2) is 0 Å². The molecular formula is C29H31NO6. The Morgan fingerprint density at radius 2 is 1.25 bits per heavy atom. The first-order chi connectivity index (χ1) is 17.2. The third kappa shape index (κ3) is 8.91. The Morgan fingerprint density at radius 3 is 1.78 bits per heavy atom. The molecule has 0 bridgehead atoms. The van der Waals surface area contributed by atoms with Crippen LogP contribution in [0, 0.1) is 0 Å². The predicted octanol–water partition coefficient (Wildman–Crippen LogP) is 5.22. The topological polar surface area (TPSA) is 90.9 Å². The molecule has 0 heterocycles. The van der Waals surface area contributed by atoms with Crippen LogP contribution in [0.5, 0.6) is 0 Å². The van der Waals surface area contributed by atoms with Crippen LogP contribution in [-0.2, 0) is 38.6 Å². The molecule has 3 rings (SSSR count). The highest BCUT2D eigenvalue weighted by atomic mass is 16.6. The summed E-state index contributed by atoms with van der Waals surface area (Å²) in [5.74, 6) is -1.03. The Morgan fingerprint density at radius 1 is 0.722 bits per heavy atom. The second-order valence-corrected chi connectivity index (χ2v) is 9.25. The third-order valence-electron chi connectivity index (χ3n) is 5.04. The van der Waals surface area contributed by atoms with E-state index in [4.69, 9.17) is 14.2 Å². The fourth-order valence-electron chi connectivity index (χ4n) is 3.28. The van der Waals surface area contributed by atoms with E-state index in [9.17, 15) is 14.4 Å². The van der Waals surface area contributed by atoms with Gasteiger partial charge in [-0.15, -0.1) is 0 Å². The second-order valence-electron chi connectivity index (χ2n) is 9.25. The average Bonchev–Trinajstić information content (AvgIpc) is 2.86. The molecule has 0 saturated carbocycles. The van der Waals surface area contributed by atoms with Crippen molar-refractivity contribution in [3.8, 4) is 0 Å². The van der Waals surface area contributed by atoms with Crippen LogP contribution >= 0.6 is 0 Å². The minimum absolute atomic E-state index is 0.0725. The first-order valence-electron chi connectivity index (χ1n) is 11.7. The number of hydrogen-bond donors (Lipinski definition) is 1. The highest BCUT2D eigenvalue weighted by Crippen LogP contribution is 2.14. The zero-order chi connectivity index (χ0) is 26.0. The maximum atomic E-state index is 12.9. The molecule has 0 aromatic heterocycles. The zero-order valence-corrected chi connectivity index (χ0v) is 20.7. The van der Waals surface area contributed by atoms with Gasteiger partial charge in [0.25, 0.3) is 0 Å². The number of amides is 1. The largest absolute Gasteiger partial charge is 0.459 e. The van der Waals surface area contributed by atoms with Gasteiger partial charge < -0.3 is 19.5 Å². The van der Waals surface area contributed by atoms with Gasteiger partial charge in [0.1, 0.15) is 24.9 Å². The molecule has 1 atom stereocenters. The summed E-state index contributed by atoms with van der Waals surface area (Å²) in [5.41, 5.74) is 2.18. The fourth-order valence-corrected chi connectivity index (χ4v) is 3.28. The van der Waals surface area contributed by atoms with Crippen molar-refractivity contribution in [2.45, 2.75) is 52.0 Å². The molecule has 0 aliphatic heterocycles. The van der Waals surface area contributed by atoms with E-state index < -0.39 is 29.7 Å². The normalized spacial score (nSPS) is 11.8. The predicted molar refractivity (Wildman–Crippen MR) is 135 cm³/mol. The van der Waals surface area contributed by atoms with Crippen LogP contribution in [0.25, 0.3) is 0 Å². The standard InChI is InChI=1S/C29H31NO6/c1-29(2,3)36-26(31)24-16-14-21(15-17-24)18-25(27(32)34-19-22-10-6-4-7-11-22)30-28(33)35-20-23-12-8-5-9-13-23/h4-17,25H,18-20H2,1-3H3,(H,30,33). The molecule has 36 heavy (non-hydrogen) atoms. The molecule has 7 heteroatoms. The van der Waals surface area contributed by atoms with E-state index in [2.05, 4.69) is 5.32 Å². The minimum atomic E-state index is -0.982. The SMILES string of the molecule is CC(C)(C)OC(=O)c1ccc(CC(NC(=O)OCc2ccccc2)C(=O)OCc2ccccc2)cc1. The van der Waals surface area contributed by atoms with Crippen molar-refractivity contribution in [3.63, 3.8) is 0 Å². The van der Waals surface area contributed by atoms with E-state index in [0.717, 1.165) is 16.7 Å². The van der Waals surface area contributed by atoms with Crippen LogP contribution in [0.1, 0.15) is 47.8 Å². The molecule has 0 spiro atoms. The lowest BCUT2D eigenvalue weighted by molar-refractivity contribution is -0.147. The van der Waals surface area contributed by atoms with Crippen LogP contribution < -0.4 is 5.32 Å². The highest BCUT2D eigenvalue weighted by molar-refractivity contribution is 5.89. The average molecular weight is 490 g/mol. The number of alkyl carbamates (subject to hydrolysis) is 1. The molecule has 1 amide bonds. The lowest BCUT2D eigenvalue weighted by atomic mass is 10.0. The number of hydrogen-bond acceptors (Lipinski definition) is 6. The fraction of sp³-hybridized carbons (Fsp3) is 0.276. The summed E-state index contributed by atoms with van der Waals surface area (Å²) in [4.78, 5) is 37.7. The number of carbonyl (C=O) groups is 3. The Balaban J connectivity index is 1.66. The monoisotopic (exact) mass is 489 g/mol. The van der Waals surface area contributed by atoms with Gasteiger partial charge in [0.2, 0.25) is 0 Å². The zero-order valence-electron chi connectivity index (χ0n) is 20.7. The Kier molecular flexibility index (Phi) is 9.22. The van der Waals surface area contributed by atoms with E-state index in [1.54, 1.807) is 45.0 Å². The maximum absolute atomic E-state index is 12.9. The van der Waals surface area contributed by atoms with Gasteiger partial charge in [-0.1, -0.05) is 72.8 Å². The molecular weight excluding hydrogens is 458 g/mol. The van der Waals surface area contributed by atoms with Crippen molar-refractivity contribution < 1.29 is 28.6 Å². The molecule has 0 aliphatic carbocycles. The summed E-state index contributed by atoms with van der Waals surface area (Å²) >= 11 is 0. The van der Waals surface area contributed by atoms with Gasteiger partial charge >= 0.3 is 18.0 Å². The summed E-state index contributed by atoms with van der Waals surface area (Å²) in [6, 6.07) is 24.2. The number of benzene rings is 3. The molecule has 0 fully saturated rings. The quantitative estimate of drug-likeness (QED) is 0.327. The summed E-state index contributed by atoms with van der Waals surface area (Å²) in [6.07, 6.45) is -0.575. The molecule has 7 nitrogen and oxygen atoms in total. The molecule has 0 saturated heterocycles. The summed E-state index contributed by atoms with van der Waals surface area (Å²) in [5, 5.41) is 2.61. The molecule has 0 aliphatic rings. The van der Waals surface area contributed by atoms with Crippen LogP contribution in [-0.4, -0.2) is 29.7 Å². The Hall–Kier alpha value is -4.13. The number of rotatable bonds is 9. The van der Waals surface area contributed by atoms with Gasteiger partial charge in [-0.25, -0.2) is 14.4 Å². The van der Waals surface area contributed by atoms with Crippen molar-refractivity contribution in [2.75, 3.05) is 0 Å². The van der Waals surface area contributed by atoms with Crippen molar-refractivity contribution in [1.82, 2.24) is 5.32 Å². The van der Waals surface area contributed by atoms with Crippen molar-refractivity contribution in [3.05, 3.63) is 107 Å². The van der Waals surface area contributed by atoms with E-state index in [-0.39, 0.29) is 19.6 Å². The van der Waals surface area contributed by atoms with Crippen molar-refractivity contribution in [2.24, 2.45) is 0 Å². The van der Waals surface area contributed by atoms with Gasteiger partial charge in [-0.3, -0.25) is 0 Å². The van der Waals surface area contributed by atoms with E-state index >= 15 is 0 Å². The lowest BCUT2D eigenvalue weighted by Crippen LogP contribution is -2.43. The number of nitrogens with one attached hydrogen (secondary N) is 1. The van der Waals surface area contributed by atoms with Crippen LogP contribution in [0.15, 0.2) is 84.9 Å². The molecule has 1 unspecified atom stereocenters. The van der Waals surface area contributed by atoms with Crippen LogP contribution in [0.2, 0.25) is 0 Å². The van der Waals surface area contributed by atoms with Crippen LogP contribution in [0.4, 0.5) is 4.79 Å². The summed E-state index contributed by atoms with van der Waals surface area (Å²) < 4.78 is 16.1. The molecule has 3 aromatic rings. The second kappa shape index (κ2) is 12.5. The Bertz CT molecular complexity index is 1140. The number of carbonyl (C=O) groups excluding carboxylic acids is 3. The van der Waals surface area contributed by atoms with E-state index in [0.29, 0.717) is 5.56 Å². The summed E-state index contributed by atoms with van der Waals surface area (Å²) in [7, 11) is 0. The molecule has 188 valence electrons. The van der Waals surface area contributed by atoms with Crippen molar-refractivity contribution in [1.29, 1.82) is 0 Å². The van der Waals surface area contributed by atoms with E-state index in [1.807, 2.05) is 60.7 Å². The number of esters is 2. The van der Waals surface area contributed by atoms with Gasteiger partial charge in [-0.05, 0) is 49.6 Å². The van der Waals surface area contributed by atoms with Gasteiger partial charge in [-0.2, -0.15) is 0 Å². The molecule has 3 aromatic carbocycles. The molecule has 0 radical (unpaired) electrons. The molecule has 1 N–H and O–H groups in total. The Labute approximate surface area is 211 Å². The minimum Gasteiger partial charge on any atom is -0.459 e. The van der Waals surface area contributed by atoms with E-state index in [1.165, 1.54) is 0 Å². The van der Waals surface area contributed by atoms with Gasteiger partial charge in [0.05, 0.1) is 5.56 Å². The maximum Gasteiger partial charge on any atom is 0.408 e.